The molecule has 0 saturated heterocycles. The van der Waals surface area contributed by atoms with Crippen LogP contribution in [0.2, 0.25) is 0 Å². The van der Waals surface area contributed by atoms with Crippen molar-refractivity contribution in [2.75, 3.05) is 12.8 Å². The topological polar surface area (TPSA) is 0 Å². The van der Waals surface area contributed by atoms with Gasteiger partial charge in [-0.2, -0.15) is 0 Å². The molecule has 0 spiro atoms. The van der Waals surface area contributed by atoms with Gasteiger partial charge < -0.3 is 0 Å². The molecule has 0 aliphatic heterocycles. The molecule has 0 heterocycles. The predicted molar refractivity (Wildman–Crippen MR) is 36.6 cm³/mol. The quantitative estimate of drug-likeness (QED) is 0.506. The van der Waals surface area contributed by atoms with Crippen LogP contribution in [0.3, 0.4) is 0 Å². The summed E-state index contributed by atoms with van der Waals surface area (Å²) in [5.74, 6) is 0. The van der Waals surface area contributed by atoms with Crippen molar-refractivity contribution in [2.24, 2.45) is 0 Å². The summed E-state index contributed by atoms with van der Waals surface area (Å²) in [6.45, 7) is 3.96. The third-order valence-corrected chi connectivity index (χ3v) is 3.19. The molecule has 38 valence electrons. The monoisotopic (exact) mass is 142 g/mol. The van der Waals surface area contributed by atoms with Crippen LogP contribution >= 0.6 is 16.6 Å². The van der Waals surface area contributed by atoms with Crippen LogP contribution in [0.15, 0.2) is 0 Å². The zero-order valence-electron chi connectivity index (χ0n) is 3.94. The van der Waals surface area contributed by atoms with Gasteiger partial charge >= 0.3 is 0 Å². The molecule has 0 fully saturated rings. The minimum atomic E-state index is -1.34. The molecular formula is C3H8ClPS. The van der Waals surface area contributed by atoms with Gasteiger partial charge in [-0.3, -0.25) is 0 Å². The van der Waals surface area contributed by atoms with Crippen molar-refractivity contribution in [1.29, 1.82) is 0 Å². The Balaban J connectivity index is 3.48. The van der Waals surface area contributed by atoms with E-state index in [0.717, 1.165) is 6.16 Å². The highest BCUT2D eigenvalue weighted by Crippen LogP contribution is 2.46. The lowest BCUT2D eigenvalue weighted by Crippen LogP contribution is -1.66. The van der Waals surface area contributed by atoms with Crippen molar-refractivity contribution in [1.82, 2.24) is 0 Å². The van der Waals surface area contributed by atoms with E-state index >= 15 is 0 Å². The molecule has 0 N–H and O–H groups in total. The molecular weight excluding hydrogens is 135 g/mol. The van der Waals surface area contributed by atoms with Crippen LogP contribution in [0.25, 0.3) is 0 Å². The number of hydrogen-bond acceptors (Lipinski definition) is 1. The largest absolute Gasteiger partial charge is 0.0859 e. The van der Waals surface area contributed by atoms with Gasteiger partial charge in [0.1, 0.15) is 0 Å². The summed E-state index contributed by atoms with van der Waals surface area (Å²) in [6.07, 6.45) is 0.962. The summed E-state index contributed by atoms with van der Waals surface area (Å²) in [4.78, 5) is 0. The third-order valence-electron chi connectivity index (χ3n) is 0.565. The fourth-order valence-corrected chi connectivity index (χ4v) is 0. The van der Waals surface area contributed by atoms with Gasteiger partial charge in [0, 0.05) is 5.39 Å². The summed E-state index contributed by atoms with van der Waals surface area (Å²) in [6, 6.07) is 0. The maximum absolute atomic E-state index is 5.64. The van der Waals surface area contributed by atoms with Gasteiger partial charge in [-0.15, -0.1) is 0 Å². The van der Waals surface area contributed by atoms with Crippen LogP contribution in [0.1, 0.15) is 6.92 Å². The Hall–Kier alpha value is 0.940. The van der Waals surface area contributed by atoms with Crippen LogP contribution in [0, 0.1) is 0 Å². The molecule has 1 unspecified atom stereocenters. The SMILES string of the molecule is CCP(C)(=S)Cl. The Bertz CT molecular complexity index is 74.9. The fourth-order valence-electron chi connectivity index (χ4n) is 0. The van der Waals surface area contributed by atoms with Crippen LogP contribution in [-0.4, -0.2) is 12.8 Å². The molecule has 0 aliphatic rings. The summed E-state index contributed by atoms with van der Waals surface area (Å²) >= 11 is 10.5. The van der Waals surface area contributed by atoms with E-state index in [4.69, 9.17) is 23.0 Å². The van der Waals surface area contributed by atoms with E-state index in [-0.39, 0.29) is 0 Å². The summed E-state index contributed by atoms with van der Waals surface area (Å²) < 4.78 is 0. The lowest BCUT2D eigenvalue weighted by Gasteiger charge is -1.97. The molecule has 3 heteroatoms. The Morgan fingerprint density at radius 1 is 1.83 bits per heavy atom. The second kappa shape index (κ2) is 2.30. The zero-order chi connectivity index (χ0) is 5.21. The van der Waals surface area contributed by atoms with Gasteiger partial charge in [0.25, 0.3) is 0 Å². The van der Waals surface area contributed by atoms with Gasteiger partial charge in [-0.1, -0.05) is 30.0 Å². The van der Waals surface area contributed by atoms with Crippen molar-refractivity contribution in [3.8, 4) is 0 Å². The summed E-state index contributed by atoms with van der Waals surface area (Å²) in [5.41, 5.74) is 0. The molecule has 0 radical (unpaired) electrons. The highest BCUT2D eigenvalue weighted by molar-refractivity contribution is 8.26. The van der Waals surface area contributed by atoms with Crippen LogP contribution in [0.4, 0.5) is 0 Å². The highest BCUT2D eigenvalue weighted by Gasteiger charge is 1.96. The molecule has 0 aliphatic carbocycles. The Labute approximate surface area is 48.7 Å². The second-order valence-corrected chi connectivity index (χ2v) is 9.16. The smallest absolute Gasteiger partial charge is 0.0356 e. The van der Waals surface area contributed by atoms with Crippen molar-refractivity contribution < 1.29 is 0 Å². The van der Waals surface area contributed by atoms with E-state index in [1.165, 1.54) is 0 Å². The van der Waals surface area contributed by atoms with Crippen molar-refractivity contribution in [3.05, 3.63) is 0 Å². The van der Waals surface area contributed by atoms with E-state index in [9.17, 15) is 0 Å². The standard InChI is InChI=1S/C3H8ClPS/c1-3-5(2,4)6/h3H2,1-2H3. The van der Waals surface area contributed by atoms with Gasteiger partial charge in [0.05, 0.1) is 0 Å². The van der Waals surface area contributed by atoms with Crippen molar-refractivity contribution >= 4 is 28.4 Å². The van der Waals surface area contributed by atoms with E-state index in [2.05, 4.69) is 0 Å². The fraction of sp³-hybridized carbons (Fsp3) is 1.00. The average molecular weight is 143 g/mol. The first kappa shape index (κ1) is 6.94. The lowest BCUT2D eigenvalue weighted by atomic mass is 11.0. The minimum Gasteiger partial charge on any atom is -0.0859 e. The highest BCUT2D eigenvalue weighted by atomic mass is 35.7. The number of halogens is 1. The molecule has 0 bridgehead atoms. The van der Waals surface area contributed by atoms with Crippen LogP contribution in [0.5, 0.6) is 0 Å². The molecule has 0 nitrogen and oxygen atoms in total. The average Bonchev–Trinajstić information content (AvgIpc) is 1.35. The molecule has 1 atom stereocenters. The predicted octanol–water partition coefficient (Wildman–Crippen LogP) is 2.27. The molecule has 0 aromatic heterocycles. The summed E-state index contributed by atoms with van der Waals surface area (Å²) in [7, 11) is 0. The molecule has 0 saturated carbocycles. The third kappa shape index (κ3) is 4.94. The number of hydrogen-bond donors (Lipinski definition) is 0. The van der Waals surface area contributed by atoms with Crippen LogP contribution in [-0.2, 0) is 11.8 Å². The van der Waals surface area contributed by atoms with Crippen molar-refractivity contribution in [2.45, 2.75) is 6.92 Å². The Morgan fingerprint density at radius 3 is 2.00 bits per heavy atom. The van der Waals surface area contributed by atoms with E-state index in [0.29, 0.717) is 0 Å². The maximum Gasteiger partial charge on any atom is 0.0356 e. The summed E-state index contributed by atoms with van der Waals surface area (Å²) in [5, 5.41) is -1.34. The first-order chi connectivity index (χ1) is 2.56. The van der Waals surface area contributed by atoms with E-state index in [1.807, 2.05) is 13.6 Å². The second-order valence-electron chi connectivity index (χ2n) is 1.30. The van der Waals surface area contributed by atoms with Gasteiger partial charge in [-0.05, 0) is 12.8 Å². The Morgan fingerprint density at radius 2 is 2.00 bits per heavy atom. The zero-order valence-corrected chi connectivity index (χ0v) is 6.41. The molecule has 0 aromatic carbocycles. The molecule has 0 rings (SSSR count). The lowest BCUT2D eigenvalue weighted by molar-refractivity contribution is 1.51. The number of rotatable bonds is 1. The molecule has 0 amide bonds. The maximum atomic E-state index is 5.64. The Kier molecular flexibility index (Phi) is 2.66. The van der Waals surface area contributed by atoms with Gasteiger partial charge in [0.15, 0.2) is 0 Å². The molecule has 0 aromatic rings. The van der Waals surface area contributed by atoms with E-state index in [1.54, 1.807) is 0 Å². The first-order valence-electron chi connectivity index (χ1n) is 1.82. The van der Waals surface area contributed by atoms with Gasteiger partial charge in [-0.25, -0.2) is 0 Å². The van der Waals surface area contributed by atoms with Crippen LogP contribution < -0.4 is 0 Å². The van der Waals surface area contributed by atoms with E-state index < -0.39 is 5.39 Å². The normalized spacial score (nSPS) is 19.8. The minimum absolute atomic E-state index is 0.962. The first-order valence-corrected chi connectivity index (χ1v) is 6.16. The van der Waals surface area contributed by atoms with Gasteiger partial charge in [0.2, 0.25) is 0 Å². The molecule has 6 heavy (non-hydrogen) atoms. The van der Waals surface area contributed by atoms with Crippen molar-refractivity contribution in [3.63, 3.8) is 0 Å².